The van der Waals surface area contributed by atoms with Crippen molar-refractivity contribution in [2.75, 3.05) is 0 Å². The Balaban J connectivity index is 1.77. The first-order valence-electron chi connectivity index (χ1n) is 8.61. The van der Waals surface area contributed by atoms with Crippen molar-refractivity contribution >= 4 is 5.91 Å². The van der Waals surface area contributed by atoms with Crippen molar-refractivity contribution in [3.8, 4) is 33.8 Å². The molecule has 1 aromatic heterocycles. The number of nitrogens with zero attached hydrogens (tertiary/aromatic N) is 2. The van der Waals surface area contributed by atoms with E-state index in [1.807, 2.05) is 72.8 Å². The molecule has 0 saturated carbocycles. The summed E-state index contributed by atoms with van der Waals surface area (Å²) in [7, 11) is 0. The summed E-state index contributed by atoms with van der Waals surface area (Å²) < 4.78 is 0. The van der Waals surface area contributed by atoms with Gasteiger partial charge in [0.15, 0.2) is 5.82 Å². The van der Waals surface area contributed by atoms with Crippen LogP contribution < -0.4 is 5.73 Å². The van der Waals surface area contributed by atoms with Crippen LogP contribution in [-0.2, 0) is 0 Å². The van der Waals surface area contributed by atoms with Gasteiger partial charge in [-0.1, -0.05) is 84.9 Å². The SMILES string of the molecule is NC(=O)c1cc(-c2ccc(-c3ccccc3)cc2)nc(-c2ccccc2)n1. The Morgan fingerprint density at radius 1 is 0.630 bits per heavy atom. The molecular weight excluding hydrogens is 334 g/mol. The van der Waals surface area contributed by atoms with E-state index in [4.69, 9.17) is 5.73 Å². The van der Waals surface area contributed by atoms with Gasteiger partial charge in [0.25, 0.3) is 5.91 Å². The van der Waals surface area contributed by atoms with Crippen molar-refractivity contribution in [2.45, 2.75) is 0 Å². The summed E-state index contributed by atoms with van der Waals surface area (Å²) in [6, 6.07) is 29.4. The van der Waals surface area contributed by atoms with Crippen molar-refractivity contribution in [3.05, 3.63) is 96.7 Å². The molecule has 0 atom stereocenters. The third-order valence-corrected chi connectivity index (χ3v) is 4.30. The molecular formula is C23H17N3O. The fourth-order valence-corrected chi connectivity index (χ4v) is 2.90. The largest absolute Gasteiger partial charge is 0.364 e. The molecule has 0 aliphatic carbocycles. The predicted molar refractivity (Wildman–Crippen MR) is 107 cm³/mol. The normalized spacial score (nSPS) is 10.5. The first kappa shape index (κ1) is 16.7. The van der Waals surface area contributed by atoms with Gasteiger partial charge in [0.05, 0.1) is 5.69 Å². The second-order valence-corrected chi connectivity index (χ2v) is 6.14. The molecule has 0 bridgehead atoms. The molecule has 0 fully saturated rings. The average Bonchev–Trinajstić information content (AvgIpc) is 2.75. The lowest BCUT2D eigenvalue weighted by Crippen LogP contribution is -2.14. The zero-order chi connectivity index (χ0) is 18.6. The summed E-state index contributed by atoms with van der Waals surface area (Å²) in [5, 5.41) is 0. The van der Waals surface area contributed by atoms with E-state index < -0.39 is 5.91 Å². The van der Waals surface area contributed by atoms with Crippen molar-refractivity contribution < 1.29 is 4.79 Å². The molecule has 4 nitrogen and oxygen atoms in total. The lowest BCUT2D eigenvalue weighted by molar-refractivity contribution is 0.0995. The predicted octanol–water partition coefficient (Wildman–Crippen LogP) is 4.58. The number of nitrogens with two attached hydrogens (primary N) is 1. The van der Waals surface area contributed by atoms with Gasteiger partial charge in [0.1, 0.15) is 5.69 Å². The molecule has 2 N–H and O–H groups in total. The van der Waals surface area contributed by atoms with Crippen LogP contribution in [0.25, 0.3) is 33.8 Å². The lowest BCUT2D eigenvalue weighted by atomic mass is 10.0. The van der Waals surface area contributed by atoms with Gasteiger partial charge in [-0.3, -0.25) is 4.79 Å². The fraction of sp³-hybridized carbons (Fsp3) is 0. The molecule has 0 aliphatic heterocycles. The maximum Gasteiger partial charge on any atom is 0.267 e. The summed E-state index contributed by atoms with van der Waals surface area (Å²) in [6.45, 7) is 0. The highest BCUT2D eigenvalue weighted by atomic mass is 16.1. The van der Waals surface area contributed by atoms with Gasteiger partial charge in [-0.05, 0) is 17.2 Å². The highest BCUT2D eigenvalue weighted by molar-refractivity contribution is 5.92. The van der Waals surface area contributed by atoms with E-state index in [1.165, 1.54) is 0 Å². The minimum absolute atomic E-state index is 0.200. The Morgan fingerprint density at radius 3 is 1.74 bits per heavy atom. The number of carbonyl (C=O) groups excluding carboxylic acids is 1. The molecule has 27 heavy (non-hydrogen) atoms. The molecule has 0 radical (unpaired) electrons. The molecule has 3 aromatic carbocycles. The zero-order valence-electron chi connectivity index (χ0n) is 14.5. The molecule has 4 heteroatoms. The van der Waals surface area contributed by atoms with Crippen LogP contribution in [0.1, 0.15) is 10.5 Å². The van der Waals surface area contributed by atoms with E-state index in [0.29, 0.717) is 11.5 Å². The minimum Gasteiger partial charge on any atom is -0.364 e. The molecule has 1 heterocycles. The fourth-order valence-electron chi connectivity index (χ4n) is 2.90. The summed E-state index contributed by atoms with van der Waals surface area (Å²) in [5.74, 6) is -0.0919. The number of hydrogen-bond donors (Lipinski definition) is 1. The molecule has 130 valence electrons. The molecule has 1 amide bonds. The minimum atomic E-state index is -0.572. The van der Waals surface area contributed by atoms with E-state index >= 15 is 0 Å². The van der Waals surface area contributed by atoms with Crippen LogP contribution >= 0.6 is 0 Å². The molecule has 0 spiro atoms. The Morgan fingerprint density at radius 2 is 1.15 bits per heavy atom. The third kappa shape index (κ3) is 3.60. The van der Waals surface area contributed by atoms with Gasteiger partial charge in [0, 0.05) is 11.1 Å². The number of primary amides is 1. The van der Waals surface area contributed by atoms with Gasteiger partial charge < -0.3 is 5.73 Å². The van der Waals surface area contributed by atoms with Crippen LogP contribution in [0.15, 0.2) is 91.0 Å². The van der Waals surface area contributed by atoms with Crippen LogP contribution in [0.2, 0.25) is 0 Å². The van der Waals surface area contributed by atoms with E-state index in [2.05, 4.69) is 22.1 Å². The second kappa shape index (κ2) is 7.22. The molecule has 0 unspecified atom stereocenters. The van der Waals surface area contributed by atoms with E-state index in [9.17, 15) is 4.79 Å². The number of aromatic nitrogens is 2. The quantitative estimate of drug-likeness (QED) is 0.585. The Kier molecular flexibility index (Phi) is 4.45. The summed E-state index contributed by atoms with van der Waals surface area (Å²) in [5.41, 5.74) is 10.3. The highest BCUT2D eigenvalue weighted by Gasteiger charge is 2.12. The molecule has 0 saturated heterocycles. The topological polar surface area (TPSA) is 68.9 Å². The number of hydrogen-bond acceptors (Lipinski definition) is 3. The van der Waals surface area contributed by atoms with Gasteiger partial charge in [-0.15, -0.1) is 0 Å². The standard InChI is InChI=1S/C23H17N3O/c24-22(27)21-15-20(25-23(26-21)19-9-5-2-6-10-19)18-13-11-17(12-14-18)16-7-3-1-4-8-16/h1-15H,(H2,24,27). The highest BCUT2D eigenvalue weighted by Crippen LogP contribution is 2.26. The smallest absolute Gasteiger partial charge is 0.267 e. The molecule has 0 aliphatic rings. The van der Waals surface area contributed by atoms with Crippen molar-refractivity contribution in [1.29, 1.82) is 0 Å². The van der Waals surface area contributed by atoms with Crippen molar-refractivity contribution in [1.82, 2.24) is 9.97 Å². The average molecular weight is 351 g/mol. The number of benzene rings is 3. The van der Waals surface area contributed by atoms with Crippen LogP contribution in [-0.4, -0.2) is 15.9 Å². The number of carbonyl (C=O) groups is 1. The Hall–Kier alpha value is -3.79. The lowest BCUT2D eigenvalue weighted by Gasteiger charge is -2.08. The van der Waals surface area contributed by atoms with Crippen LogP contribution in [0, 0.1) is 0 Å². The maximum atomic E-state index is 11.7. The first-order valence-corrected chi connectivity index (χ1v) is 8.61. The van der Waals surface area contributed by atoms with Gasteiger partial charge in [-0.2, -0.15) is 0 Å². The zero-order valence-corrected chi connectivity index (χ0v) is 14.5. The Bertz CT molecular complexity index is 1080. The summed E-state index contributed by atoms with van der Waals surface area (Å²) in [4.78, 5) is 20.7. The van der Waals surface area contributed by atoms with E-state index in [0.717, 1.165) is 22.3 Å². The number of rotatable bonds is 4. The second-order valence-electron chi connectivity index (χ2n) is 6.14. The van der Waals surface area contributed by atoms with E-state index in [1.54, 1.807) is 6.07 Å². The van der Waals surface area contributed by atoms with Crippen LogP contribution in [0.4, 0.5) is 0 Å². The van der Waals surface area contributed by atoms with Gasteiger partial charge in [-0.25, -0.2) is 9.97 Å². The first-order chi connectivity index (χ1) is 13.2. The third-order valence-electron chi connectivity index (χ3n) is 4.30. The molecule has 4 aromatic rings. The maximum absolute atomic E-state index is 11.7. The van der Waals surface area contributed by atoms with Gasteiger partial charge >= 0.3 is 0 Å². The summed E-state index contributed by atoms with van der Waals surface area (Å²) in [6.07, 6.45) is 0. The monoisotopic (exact) mass is 351 g/mol. The van der Waals surface area contributed by atoms with Crippen molar-refractivity contribution in [2.24, 2.45) is 5.73 Å². The summed E-state index contributed by atoms with van der Waals surface area (Å²) >= 11 is 0. The van der Waals surface area contributed by atoms with Gasteiger partial charge in [0.2, 0.25) is 0 Å². The van der Waals surface area contributed by atoms with E-state index in [-0.39, 0.29) is 5.69 Å². The Labute approximate surface area is 157 Å². The molecule has 4 rings (SSSR count). The van der Waals surface area contributed by atoms with Crippen LogP contribution in [0.5, 0.6) is 0 Å². The van der Waals surface area contributed by atoms with Crippen molar-refractivity contribution in [3.63, 3.8) is 0 Å². The number of amides is 1. The van der Waals surface area contributed by atoms with Crippen LogP contribution in [0.3, 0.4) is 0 Å².